The minimum atomic E-state index is 0.207. The van der Waals surface area contributed by atoms with E-state index in [9.17, 15) is 0 Å². The molecular weight excluding hydrogens is 240 g/mol. The zero-order valence-electron chi connectivity index (χ0n) is 11.2. The van der Waals surface area contributed by atoms with Crippen molar-refractivity contribution in [1.82, 2.24) is 5.43 Å². The van der Waals surface area contributed by atoms with Crippen molar-refractivity contribution in [2.45, 2.75) is 38.1 Å². The smallest absolute Gasteiger partial charge is 0.161 e. The number of ether oxygens (including phenoxy) is 2. The lowest BCUT2D eigenvalue weighted by molar-refractivity contribution is 0.171. The standard InChI is InChI=1S/C15H22N2O2/c16-17-13(9-11-3-1-2-4-11)12-5-6-14-15(10-12)19-8-7-18-14/h5-6,10-11,13,17H,1-4,7-9,16H2. The maximum Gasteiger partial charge on any atom is 0.161 e. The number of hydrogen-bond donors (Lipinski definition) is 2. The van der Waals surface area contributed by atoms with Gasteiger partial charge in [-0.1, -0.05) is 31.7 Å². The second kappa shape index (κ2) is 5.80. The van der Waals surface area contributed by atoms with Crippen LogP contribution in [0.2, 0.25) is 0 Å². The summed E-state index contributed by atoms with van der Waals surface area (Å²) in [6.45, 7) is 1.26. The molecule has 4 heteroatoms. The van der Waals surface area contributed by atoms with Gasteiger partial charge in [0.25, 0.3) is 0 Å². The first kappa shape index (κ1) is 12.8. The molecule has 0 aromatic heterocycles. The molecule has 3 N–H and O–H groups in total. The highest BCUT2D eigenvalue weighted by molar-refractivity contribution is 5.44. The van der Waals surface area contributed by atoms with Crippen LogP contribution >= 0.6 is 0 Å². The van der Waals surface area contributed by atoms with E-state index in [0.29, 0.717) is 13.2 Å². The Hall–Kier alpha value is -1.26. The minimum absolute atomic E-state index is 0.207. The van der Waals surface area contributed by atoms with Crippen LogP contribution in [0.5, 0.6) is 11.5 Å². The molecule has 4 nitrogen and oxygen atoms in total. The minimum Gasteiger partial charge on any atom is -0.486 e. The van der Waals surface area contributed by atoms with E-state index in [2.05, 4.69) is 17.6 Å². The quantitative estimate of drug-likeness (QED) is 0.646. The van der Waals surface area contributed by atoms with Crippen molar-refractivity contribution in [3.05, 3.63) is 23.8 Å². The fourth-order valence-corrected chi connectivity index (χ4v) is 3.16. The summed E-state index contributed by atoms with van der Waals surface area (Å²) >= 11 is 0. The van der Waals surface area contributed by atoms with Crippen molar-refractivity contribution in [2.24, 2.45) is 11.8 Å². The third-order valence-electron chi connectivity index (χ3n) is 4.21. The summed E-state index contributed by atoms with van der Waals surface area (Å²) in [7, 11) is 0. The van der Waals surface area contributed by atoms with Gasteiger partial charge in [-0.05, 0) is 30.0 Å². The highest BCUT2D eigenvalue weighted by Crippen LogP contribution is 2.36. The van der Waals surface area contributed by atoms with Gasteiger partial charge < -0.3 is 9.47 Å². The number of nitrogens with one attached hydrogen (secondary N) is 1. The molecule has 19 heavy (non-hydrogen) atoms. The van der Waals surface area contributed by atoms with Crippen LogP contribution in [0, 0.1) is 5.92 Å². The van der Waals surface area contributed by atoms with Crippen LogP contribution in [0.4, 0.5) is 0 Å². The third kappa shape index (κ3) is 2.85. The Kier molecular flexibility index (Phi) is 3.89. The fraction of sp³-hybridized carbons (Fsp3) is 0.600. The second-order valence-electron chi connectivity index (χ2n) is 5.51. The van der Waals surface area contributed by atoms with Gasteiger partial charge in [-0.25, -0.2) is 0 Å². The van der Waals surface area contributed by atoms with Gasteiger partial charge in [0.2, 0.25) is 0 Å². The van der Waals surface area contributed by atoms with E-state index in [-0.39, 0.29) is 6.04 Å². The van der Waals surface area contributed by atoms with Gasteiger partial charge in [0.1, 0.15) is 13.2 Å². The molecule has 0 amide bonds. The van der Waals surface area contributed by atoms with Crippen molar-refractivity contribution in [3.63, 3.8) is 0 Å². The SMILES string of the molecule is NNC(CC1CCCC1)c1ccc2c(c1)OCCO2. The molecule has 1 aliphatic heterocycles. The van der Waals surface area contributed by atoms with Gasteiger partial charge >= 0.3 is 0 Å². The average molecular weight is 262 g/mol. The molecule has 0 radical (unpaired) electrons. The molecule has 1 atom stereocenters. The maximum atomic E-state index is 5.74. The number of benzene rings is 1. The van der Waals surface area contributed by atoms with E-state index < -0.39 is 0 Å². The summed E-state index contributed by atoms with van der Waals surface area (Å²) in [6, 6.07) is 6.35. The predicted molar refractivity (Wildman–Crippen MR) is 74.1 cm³/mol. The van der Waals surface area contributed by atoms with Gasteiger partial charge in [-0.15, -0.1) is 0 Å². The summed E-state index contributed by atoms with van der Waals surface area (Å²) in [5, 5.41) is 0. The van der Waals surface area contributed by atoms with Crippen LogP contribution in [0.15, 0.2) is 18.2 Å². The highest BCUT2D eigenvalue weighted by Gasteiger charge is 2.22. The van der Waals surface area contributed by atoms with Crippen LogP contribution in [0.25, 0.3) is 0 Å². The average Bonchev–Trinajstić information content (AvgIpc) is 2.97. The molecule has 1 aromatic carbocycles. The van der Waals surface area contributed by atoms with Crippen molar-refractivity contribution in [3.8, 4) is 11.5 Å². The van der Waals surface area contributed by atoms with E-state index in [1.54, 1.807) is 0 Å². The van der Waals surface area contributed by atoms with E-state index in [0.717, 1.165) is 23.8 Å². The fourth-order valence-electron chi connectivity index (χ4n) is 3.16. The molecule has 104 valence electrons. The van der Waals surface area contributed by atoms with Crippen molar-refractivity contribution >= 4 is 0 Å². The van der Waals surface area contributed by atoms with Crippen LogP contribution in [-0.2, 0) is 0 Å². The van der Waals surface area contributed by atoms with E-state index >= 15 is 0 Å². The summed E-state index contributed by atoms with van der Waals surface area (Å²) in [5.41, 5.74) is 4.15. The molecule has 0 saturated heterocycles. The van der Waals surface area contributed by atoms with E-state index in [1.165, 1.54) is 31.2 Å². The summed E-state index contributed by atoms with van der Waals surface area (Å²) in [5.74, 6) is 8.22. The first-order valence-electron chi connectivity index (χ1n) is 7.22. The summed E-state index contributed by atoms with van der Waals surface area (Å²) < 4.78 is 11.2. The first-order valence-corrected chi connectivity index (χ1v) is 7.22. The zero-order valence-corrected chi connectivity index (χ0v) is 11.2. The molecule has 0 bridgehead atoms. The Bertz CT molecular complexity index is 430. The summed E-state index contributed by atoms with van der Waals surface area (Å²) in [4.78, 5) is 0. The van der Waals surface area contributed by atoms with E-state index in [1.807, 2.05) is 6.07 Å². The zero-order chi connectivity index (χ0) is 13.1. The molecule has 2 aliphatic rings. The third-order valence-corrected chi connectivity index (χ3v) is 4.21. The second-order valence-corrected chi connectivity index (χ2v) is 5.51. The molecule has 1 unspecified atom stereocenters. The monoisotopic (exact) mass is 262 g/mol. The normalized spacial score (nSPS) is 20.5. The molecule has 1 saturated carbocycles. The lowest BCUT2D eigenvalue weighted by atomic mass is 9.94. The largest absolute Gasteiger partial charge is 0.486 e. The molecule has 1 fully saturated rings. The van der Waals surface area contributed by atoms with Crippen LogP contribution < -0.4 is 20.7 Å². The first-order chi connectivity index (χ1) is 9.36. The number of fused-ring (bicyclic) bond motifs is 1. The lowest BCUT2D eigenvalue weighted by Gasteiger charge is -2.23. The Morgan fingerprint density at radius 3 is 2.63 bits per heavy atom. The van der Waals surface area contributed by atoms with Crippen LogP contribution in [-0.4, -0.2) is 13.2 Å². The number of hydrogen-bond acceptors (Lipinski definition) is 4. The number of nitrogens with two attached hydrogens (primary N) is 1. The van der Waals surface area contributed by atoms with Gasteiger partial charge in [0, 0.05) is 6.04 Å². The van der Waals surface area contributed by atoms with Gasteiger partial charge in [0.05, 0.1) is 0 Å². The van der Waals surface area contributed by atoms with Crippen molar-refractivity contribution < 1.29 is 9.47 Å². The summed E-state index contributed by atoms with van der Waals surface area (Å²) in [6.07, 6.45) is 6.51. The Balaban J connectivity index is 1.74. The Morgan fingerprint density at radius 1 is 1.16 bits per heavy atom. The Labute approximate surface area is 114 Å². The predicted octanol–water partition coefficient (Wildman–Crippen LogP) is 2.54. The van der Waals surface area contributed by atoms with E-state index in [4.69, 9.17) is 15.3 Å². The molecule has 1 aromatic rings. The maximum absolute atomic E-state index is 5.74. The van der Waals surface area contributed by atoms with Crippen molar-refractivity contribution in [1.29, 1.82) is 0 Å². The number of rotatable bonds is 4. The molecule has 0 spiro atoms. The van der Waals surface area contributed by atoms with Crippen LogP contribution in [0.1, 0.15) is 43.7 Å². The van der Waals surface area contributed by atoms with Gasteiger partial charge in [-0.2, -0.15) is 0 Å². The molecule has 1 heterocycles. The lowest BCUT2D eigenvalue weighted by Crippen LogP contribution is -2.29. The van der Waals surface area contributed by atoms with Gasteiger partial charge in [0.15, 0.2) is 11.5 Å². The van der Waals surface area contributed by atoms with Crippen molar-refractivity contribution in [2.75, 3.05) is 13.2 Å². The number of hydrazine groups is 1. The topological polar surface area (TPSA) is 56.5 Å². The Morgan fingerprint density at radius 2 is 1.89 bits per heavy atom. The van der Waals surface area contributed by atoms with Crippen LogP contribution in [0.3, 0.4) is 0 Å². The molecular formula is C15H22N2O2. The highest BCUT2D eigenvalue weighted by atomic mass is 16.6. The van der Waals surface area contributed by atoms with Gasteiger partial charge in [-0.3, -0.25) is 11.3 Å². The molecule has 1 aliphatic carbocycles. The molecule has 3 rings (SSSR count).